The first-order valence-electron chi connectivity index (χ1n) is 15.5. The number of halogens is 6. The molecule has 6 rings (SSSR count). The monoisotopic (exact) mass is 750 g/mol. The van der Waals surface area contributed by atoms with E-state index in [0.717, 1.165) is 54.3 Å². The molecule has 6 aromatic rings. The average Bonchev–Trinajstić information content (AvgIpc) is 3.66. The van der Waals surface area contributed by atoms with Crippen LogP contribution < -0.4 is 0 Å². The topological polar surface area (TPSA) is 0 Å². The van der Waals surface area contributed by atoms with Gasteiger partial charge in [0.1, 0.15) is 0 Å². The predicted molar refractivity (Wildman–Crippen MR) is 186 cm³/mol. The number of rotatable bonds is 4. The Hall–Kier alpha value is -3.22. The maximum Gasteiger partial charge on any atom is 2.00 e. The molecule has 0 aliphatic rings. The van der Waals surface area contributed by atoms with E-state index in [1.165, 1.54) is 12.1 Å². The van der Waals surface area contributed by atoms with E-state index in [9.17, 15) is 26.3 Å². The van der Waals surface area contributed by atoms with Crippen LogP contribution in [0.4, 0.5) is 26.3 Å². The molecule has 2 radical (unpaired) electrons. The number of hydrogen-bond acceptors (Lipinski definition) is 0. The van der Waals surface area contributed by atoms with Crippen LogP contribution in [-0.2, 0) is 38.6 Å². The minimum absolute atomic E-state index is 0. The largest absolute Gasteiger partial charge is 2.00 e. The summed E-state index contributed by atoms with van der Waals surface area (Å²) in [5, 5.41) is 3.72. The van der Waals surface area contributed by atoms with Gasteiger partial charge in [-0.05, 0) is 35.1 Å². The fourth-order valence-electron chi connectivity index (χ4n) is 5.58. The van der Waals surface area contributed by atoms with Gasteiger partial charge in [-0.2, -0.15) is 38.5 Å². The summed E-state index contributed by atoms with van der Waals surface area (Å²) < 4.78 is 79.6. The van der Waals surface area contributed by atoms with Gasteiger partial charge < -0.3 is 0 Å². The minimum Gasteiger partial charge on any atom is -0.166 e. The molecule has 0 spiro atoms. The van der Waals surface area contributed by atoms with Gasteiger partial charge in [-0.3, -0.25) is 0 Å². The number of fused-ring (bicyclic) bond motifs is 2. The summed E-state index contributed by atoms with van der Waals surface area (Å²) in [6.45, 7) is 12.6. The van der Waals surface area contributed by atoms with Crippen LogP contribution in [0, 0.1) is 0 Å². The van der Waals surface area contributed by atoms with E-state index in [0.29, 0.717) is 23.0 Å². The summed E-state index contributed by atoms with van der Waals surface area (Å²) in [6, 6.07) is 30.7. The standard InChI is InChI=1S/2C19H16F3.C2H6Si.Zr/c2*1-12(2)14-10-13-6-5-8-15(17(13)11-14)16-7-3-4-9-18(16)19(20,21)22;1-3-2;/h2*3-12H,1-2H3;1-2H3;/q2*-1;;+2. The van der Waals surface area contributed by atoms with Gasteiger partial charge in [0.15, 0.2) is 0 Å². The van der Waals surface area contributed by atoms with Crippen molar-refractivity contribution in [3.8, 4) is 22.3 Å². The van der Waals surface area contributed by atoms with E-state index in [-0.39, 0.29) is 37.3 Å². The molecule has 0 aromatic heterocycles. The van der Waals surface area contributed by atoms with Gasteiger partial charge in [0.2, 0.25) is 0 Å². The maximum absolute atomic E-state index is 13.3. The molecule has 0 N–H and O–H groups in total. The summed E-state index contributed by atoms with van der Waals surface area (Å²) in [6.07, 6.45) is -8.71. The Bertz CT molecular complexity index is 1780. The molecule has 6 aromatic carbocycles. The van der Waals surface area contributed by atoms with E-state index in [1.54, 1.807) is 36.4 Å². The van der Waals surface area contributed by atoms with Crippen molar-refractivity contribution in [2.75, 3.05) is 0 Å². The molecule has 0 aliphatic heterocycles. The molecule has 248 valence electrons. The fourth-order valence-corrected chi connectivity index (χ4v) is 5.58. The van der Waals surface area contributed by atoms with Crippen LogP contribution in [0.5, 0.6) is 0 Å². The van der Waals surface area contributed by atoms with Crippen molar-refractivity contribution >= 4 is 31.1 Å². The van der Waals surface area contributed by atoms with Crippen LogP contribution in [-0.4, -0.2) is 9.52 Å². The Morgan fingerprint density at radius 3 is 1.12 bits per heavy atom. The first kappa shape index (κ1) is 39.2. The molecule has 0 bridgehead atoms. The van der Waals surface area contributed by atoms with E-state index in [2.05, 4.69) is 52.9 Å². The maximum atomic E-state index is 13.3. The summed E-state index contributed by atoms with van der Waals surface area (Å²) >= 11 is 0. The zero-order valence-corrected chi connectivity index (χ0v) is 31.3. The third kappa shape index (κ3) is 9.06. The number of alkyl halides is 6. The Balaban J connectivity index is 0.000000236. The molecular formula is C40H38F6SiZr. The van der Waals surface area contributed by atoms with Crippen molar-refractivity contribution in [2.24, 2.45) is 0 Å². The van der Waals surface area contributed by atoms with Crippen molar-refractivity contribution in [1.82, 2.24) is 0 Å². The van der Waals surface area contributed by atoms with Crippen molar-refractivity contribution in [1.29, 1.82) is 0 Å². The number of benzene rings is 4. The van der Waals surface area contributed by atoms with Crippen LogP contribution in [0.25, 0.3) is 43.8 Å². The summed E-state index contributed by atoms with van der Waals surface area (Å²) in [5.41, 5.74) is 2.86. The van der Waals surface area contributed by atoms with E-state index in [4.69, 9.17) is 0 Å². The van der Waals surface area contributed by atoms with Gasteiger partial charge in [0, 0.05) is 9.52 Å². The van der Waals surface area contributed by atoms with Gasteiger partial charge in [-0.15, -0.1) is 69.1 Å². The molecule has 48 heavy (non-hydrogen) atoms. The van der Waals surface area contributed by atoms with Crippen molar-refractivity contribution in [3.63, 3.8) is 0 Å². The summed E-state index contributed by atoms with van der Waals surface area (Å²) in [7, 11) is 1.08. The number of hydrogen-bond donors (Lipinski definition) is 0. The first-order valence-corrected chi connectivity index (χ1v) is 17.5. The van der Waals surface area contributed by atoms with Crippen molar-refractivity contribution in [3.05, 3.63) is 131 Å². The molecule has 0 nitrogen and oxygen atoms in total. The average molecular weight is 752 g/mol. The van der Waals surface area contributed by atoms with Crippen LogP contribution in [0.1, 0.15) is 61.8 Å². The first-order chi connectivity index (χ1) is 22.2. The van der Waals surface area contributed by atoms with Crippen LogP contribution >= 0.6 is 0 Å². The zero-order chi connectivity index (χ0) is 34.5. The van der Waals surface area contributed by atoms with Gasteiger partial charge in [0.05, 0.1) is 11.1 Å². The van der Waals surface area contributed by atoms with Gasteiger partial charge in [0.25, 0.3) is 0 Å². The van der Waals surface area contributed by atoms with Gasteiger partial charge in [-0.25, -0.2) is 0 Å². The van der Waals surface area contributed by atoms with Gasteiger partial charge in [-0.1, -0.05) is 100 Å². The third-order valence-corrected chi connectivity index (χ3v) is 7.92. The normalized spacial score (nSPS) is 11.6. The molecule has 0 aliphatic carbocycles. The minimum atomic E-state index is -4.35. The Kier molecular flexibility index (Phi) is 13.4. The van der Waals surface area contributed by atoms with E-state index >= 15 is 0 Å². The molecule has 0 amide bonds. The fraction of sp³-hybridized carbons (Fsp3) is 0.250. The van der Waals surface area contributed by atoms with E-state index < -0.39 is 23.5 Å². The smallest absolute Gasteiger partial charge is 0.166 e. The molecule has 0 unspecified atom stereocenters. The Morgan fingerprint density at radius 2 is 0.812 bits per heavy atom. The third-order valence-electron chi connectivity index (χ3n) is 7.92. The second kappa shape index (κ2) is 16.5. The molecule has 0 fully saturated rings. The Labute approximate surface area is 300 Å². The molecule has 0 saturated heterocycles. The molecular weight excluding hydrogens is 714 g/mol. The molecule has 0 saturated carbocycles. The van der Waals surface area contributed by atoms with Gasteiger partial charge >= 0.3 is 38.6 Å². The van der Waals surface area contributed by atoms with Crippen LogP contribution in [0.3, 0.4) is 0 Å². The van der Waals surface area contributed by atoms with Crippen molar-refractivity contribution in [2.45, 2.75) is 65.0 Å². The SMILES string of the molecule is CC(C)c1cc2c(-c3ccccc3C(F)(F)F)cccc2[cH-]1.CC(C)c1cc2c(-c3ccccc3C(F)(F)F)cccc2[cH-]1.C[Si]C.[Zr+2]. The second-order valence-corrected chi connectivity index (χ2v) is 13.1. The van der Waals surface area contributed by atoms with Crippen LogP contribution in [0.2, 0.25) is 13.1 Å². The Morgan fingerprint density at radius 1 is 0.500 bits per heavy atom. The van der Waals surface area contributed by atoms with Crippen molar-refractivity contribution < 1.29 is 52.5 Å². The second-order valence-electron chi connectivity index (χ2n) is 12.1. The molecule has 0 atom stereocenters. The molecule has 8 heteroatoms. The summed E-state index contributed by atoms with van der Waals surface area (Å²) in [5.74, 6) is 0.691. The quantitative estimate of drug-likeness (QED) is 0.0956. The van der Waals surface area contributed by atoms with Crippen LogP contribution in [0.15, 0.2) is 109 Å². The predicted octanol–water partition coefficient (Wildman–Crippen LogP) is 13.5. The molecule has 0 heterocycles. The van der Waals surface area contributed by atoms with E-state index in [1.807, 2.05) is 36.4 Å². The zero-order valence-electron chi connectivity index (χ0n) is 27.8. The summed E-state index contributed by atoms with van der Waals surface area (Å²) in [4.78, 5) is 0.